The highest BCUT2D eigenvalue weighted by atomic mass is 16.5. The fraction of sp³-hybridized carbons (Fsp3) is 0.364. The molecule has 0 bridgehead atoms. The van der Waals surface area contributed by atoms with Gasteiger partial charge in [0.1, 0.15) is 5.75 Å². The lowest BCUT2D eigenvalue weighted by Crippen LogP contribution is -2.05. The summed E-state index contributed by atoms with van der Waals surface area (Å²) in [7, 11) is 0. The van der Waals surface area contributed by atoms with E-state index in [-0.39, 0.29) is 11.8 Å². The molecule has 74 valence electrons. The Labute approximate surface area is 82.9 Å². The average Bonchev–Trinajstić information content (AvgIpc) is 2.44. The standard InChI is InChI=1S/C11H13NO2/c1-2-14-10-5-3-4-7-8(12)6-9(13)11(7)10/h3-5,8H,2,6,12H2,1H3/t8-/m0/s1. The molecule has 0 aliphatic heterocycles. The summed E-state index contributed by atoms with van der Waals surface area (Å²) in [5.74, 6) is 0.763. The number of carbonyl (C=O) groups excluding carboxylic acids is 1. The number of ketones is 1. The van der Waals surface area contributed by atoms with Gasteiger partial charge in [-0.05, 0) is 18.6 Å². The van der Waals surface area contributed by atoms with E-state index >= 15 is 0 Å². The first-order valence-electron chi connectivity index (χ1n) is 4.78. The molecule has 0 saturated heterocycles. The van der Waals surface area contributed by atoms with Gasteiger partial charge in [-0.25, -0.2) is 0 Å². The third kappa shape index (κ3) is 1.30. The zero-order valence-corrected chi connectivity index (χ0v) is 8.12. The summed E-state index contributed by atoms with van der Waals surface area (Å²) in [4.78, 5) is 11.6. The van der Waals surface area contributed by atoms with Crippen LogP contribution in [0.1, 0.15) is 35.3 Å². The SMILES string of the molecule is CCOc1cccc2c1C(=O)C[C@@H]2N. The molecule has 2 rings (SSSR count). The molecule has 0 saturated carbocycles. The van der Waals surface area contributed by atoms with E-state index in [2.05, 4.69) is 0 Å². The molecule has 0 spiro atoms. The zero-order chi connectivity index (χ0) is 10.1. The number of nitrogens with two attached hydrogens (primary N) is 1. The van der Waals surface area contributed by atoms with Crippen molar-refractivity contribution in [2.75, 3.05) is 6.61 Å². The van der Waals surface area contributed by atoms with Gasteiger partial charge < -0.3 is 10.5 Å². The number of Topliss-reactive ketones (excluding diaryl/α,β-unsaturated/α-hetero) is 1. The van der Waals surface area contributed by atoms with Gasteiger partial charge in [-0.15, -0.1) is 0 Å². The molecule has 0 unspecified atom stereocenters. The number of rotatable bonds is 2. The second-order valence-corrected chi connectivity index (χ2v) is 3.39. The summed E-state index contributed by atoms with van der Waals surface area (Å²) >= 11 is 0. The molecule has 0 fully saturated rings. The van der Waals surface area contributed by atoms with Gasteiger partial charge in [-0.2, -0.15) is 0 Å². The van der Waals surface area contributed by atoms with E-state index in [1.54, 1.807) is 0 Å². The Bertz CT molecular complexity index is 374. The van der Waals surface area contributed by atoms with Crippen LogP contribution in [0.2, 0.25) is 0 Å². The molecule has 3 nitrogen and oxygen atoms in total. The molecule has 0 amide bonds. The second-order valence-electron chi connectivity index (χ2n) is 3.39. The Morgan fingerprint density at radius 1 is 1.57 bits per heavy atom. The van der Waals surface area contributed by atoms with Crippen LogP contribution in [0.3, 0.4) is 0 Å². The van der Waals surface area contributed by atoms with E-state index in [0.717, 1.165) is 5.56 Å². The van der Waals surface area contributed by atoms with Crippen LogP contribution >= 0.6 is 0 Å². The van der Waals surface area contributed by atoms with Crippen molar-refractivity contribution in [1.29, 1.82) is 0 Å². The summed E-state index contributed by atoms with van der Waals surface area (Å²) in [6.45, 7) is 2.47. The minimum Gasteiger partial charge on any atom is -0.493 e. The molecule has 0 heterocycles. The highest BCUT2D eigenvalue weighted by molar-refractivity contribution is 6.03. The van der Waals surface area contributed by atoms with Crippen molar-refractivity contribution in [1.82, 2.24) is 0 Å². The van der Waals surface area contributed by atoms with E-state index < -0.39 is 0 Å². The van der Waals surface area contributed by atoms with E-state index in [9.17, 15) is 4.79 Å². The van der Waals surface area contributed by atoms with Crippen LogP contribution in [0, 0.1) is 0 Å². The maximum atomic E-state index is 11.6. The van der Waals surface area contributed by atoms with E-state index in [4.69, 9.17) is 10.5 Å². The van der Waals surface area contributed by atoms with Crippen molar-refractivity contribution in [3.05, 3.63) is 29.3 Å². The van der Waals surface area contributed by atoms with E-state index in [0.29, 0.717) is 24.3 Å². The van der Waals surface area contributed by atoms with Gasteiger partial charge in [-0.1, -0.05) is 12.1 Å². The maximum Gasteiger partial charge on any atom is 0.168 e. The third-order valence-corrected chi connectivity index (χ3v) is 2.44. The van der Waals surface area contributed by atoms with Gasteiger partial charge in [-0.3, -0.25) is 4.79 Å². The number of carbonyl (C=O) groups is 1. The van der Waals surface area contributed by atoms with Crippen molar-refractivity contribution in [3.63, 3.8) is 0 Å². The molecular formula is C11H13NO2. The molecule has 3 heteroatoms. The monoisotopic (exact) mass is 191 g/mol. The summed E-state index contributed by atoms with van der Waals surface area (Å²) in [5.41, 5.74) is 7.43. The smallest absolute Gasteiger partial charge is 0.168 e. The topological polar surface area (TPSA) is 52.3 Å². The largest absolute Gasteiger partial charge is 0.493 e. The Morgan fingerprint density at radius 3 is 3.07 bits per heavy atom. The predicted octanol–water partition coefficient (Wildman–Crippen LogP) is 1.67. The van der Waals surface area contributed by atoms with Crippen LogP contribution in [0.5, 0.6) is 5.75 Å². The lowest BCUT2D eigenvalue weighted by atomic mass is 10.1. The maximum absolute atomic E-state index is 11.6. The van der Waals surface area contributed by atoms with Gasteiger partial charge in [0.05, 0.1) is 12.2 Å². The van der Waals surface area contributed by atoms with Gasteiger partial charge in [0.25, 0.3) is 0 Å². The number of ether oxygens (including phenoxy) is 1. The van der Waals surface area contributed by atoms with Crippen molar-refractivity contribution >= 4 is 5.78 Å². The molecule has 0 radical (unpaired) electrons. The molecule has 0 aromatic heterocycles. The average molecular weight is 191 g/mol. The molecule has 1 aliphatic carbocycles. The van der Waals surface area contributed by atoms with E-state index in [1.807, 2.05) is 25.1 Å². The van der Waals surface area contributed by atoms with Gasteiger partial charge in [0.15, 0.2) is 5.78 Å². The lowest BCUT2D eigenvalue weighted by molar-refractivity contribution is 0.0986. The van der Waals surface area contributed by atoms with Crippen molar-refractivity contribution < 1.29 is 9.53 Å². The van der Waals surface area contributed by atoms with Crippen molar-refractivity contribution in [2.24, 2.45) is 5.73 Å². The quantitative estimate of drug-likeness (QED) is 0.773. The minimum atomic E-state index is -0.155. The molecule has 1 atom stereocenters. The van der Waals surface area contributed by atoms with Crippen molar-refractivity contribution in [3.8, 4) is 5.75 Å². The Kier molecular flexibility index (Phi) is 2.25. The molecular weight excluding hydrogens is 178 g/mol. The van der Waals surface area contributed by atoms with Gasteiger partial charge in [0, 0.05) is 12.5 Å². The minimum absolute atomic E-state index is 0.0940. The fourth-order valence-corrected chi connectivity index (χ4v) is 1.84. The van der Waals surface area contributed by atoms with Gasteiger partial charge >= 0.3 is 0 Å². The van der Waals surface area contributed by atoms with Gasteiger partial charge in [0.2, 0.25) is 0 Å². The first-order chi connectivity index (χ1) is 6.74. The zero-order valence-electron chi connectivity index (χ0n) is 8.12. The number of benzene rings is 1. The molecule has 1 aliphatic rings. The van der Waals surface area contributed by atoms with Crippen LogP contribution in [0.25, 0.3) is 0 Å². The Hall–Kier alpha value is -1.35. The number of hydrogen-bond donors (Lipinski definition) is 1. The van der Waals surface area contributed by atoms with Crippen LogP contribution in [-0.2, 0) is 0 Å². The van der Waals surface area contributed by atoms with Crippen molar-refractivity contribution in [2.45, 2.75) is 19.4 Å². The normalized spacial score (nSPS) is 19.6. The highest BCUT2D eigenvalue weighted by Crippen LogP contribution is 2.35. The van der Waals surface area contributed by atoms with Crippen LogP contribution < -0.4 is 10.5 Å². The number of fused-ring (bicyclic) bond motifs is 1. The van der Waals surface area contributed by atoms with Crippen LogP contribution in [-0.4, -0.2) is 12.4 Å². The second kappa shape index (κ2) is 3.42. The van der Waals surface area contributed by atoms with E-state index in [1.165, 1.54) is 0 Å². The Balaban J connectivity index is 2.50. The highest BCUT2D eigenvalue weighted by Gasteiger charge is 2.29. The summed E-state index contributed by atoms with van der Waals surface area (Å²) in [6.07, 6.45) is 0.402. The summed E-state index contributed by atoms with van der Waals surface area (Å²) in [5, 5.41) is 0. The van der Waals surface area contributed by atoms with Crippen LogP contribution in [0.4, 0.5) is 0 Å². The molecule has 2 N–H and O–H groups in total. The van der Waals surface area contributed by atoms with Crippen LogP contribution in [0.15, 0.2) is 18.2 Å². The molecule has 14 heavy (non-hydrogen) atoms. The molecule has 1 aromatic rings. The fourth-order valence-electron chi connectivity index (χ4n) is 1.84. The third-order valence-electron chi connectivity index (χ3n) is 2.44. The lowest BCUT2D eigenvalue weighted by Gasteiger charge is -2.08. The summed E-state index contributed by atoms with van der Waals surface area (Å²) < 4.78 is 5.39. The number of hydrogen-bond acceptors (Lipinski definition) is 3. The summed E-state index contributed by atoms with van der Waals surface area (Å²) in [6, 6.07) is 5.44. The molecule has 1 aromatic carbocycles. The Morgan fingerprint density at radius 2 is 2.36 bits per heavy atom. The predicted molar refractivity (Wildman–Crippen MR) is 53.5 cm³/mol. The first kappa shape index (κ1) is 9.21. The first-order valence-corrected chi connectivity index (χ1v) is 4.78.